The van der Waals surface area contributed by atoms with Crippen LogP contribution in [0, 0.1) is 0 Å². The molecule has 0 saturated heterocycles. The van der Waals surface area contributed by atoms with Crippen LogP contribution in [0.2, 0.25) is 0 Å². The summed E-state index contributed by atoms with van der Waals surface area (Å²) in [6.45, 7) is 3.30. The summed E-state index contributed by atoms with van der Waals surface area (Å²) in [6.07, 6.45) is 56.0. The van der Waals surface area contributed by atoms with Gasteiger partial charge in [0, 0.05) is 12.8 Å². The van der Waals surface area contributed by atoms with E-state index in [1.165, 1.54) is 32.1 Å². The highest BCUT2D eigenvalue weighted by Gasteiger charge is 2.18. The number of ether oxygens (including phenoxy) is 1. The first kappa shape index (κ1) is 53.8. The molecular formula is C49H78N2O7. The molecule has 2 unspecified atom stereocenters. The first-order chi connectivity index (χ1) is 28.3. The van der Waals surface area contributed by atoms with Crippen LogP contribution in [0.4, 0.5) is 0 Å². The first-order valence-corrected chi connectivity index (χ1v) is 22.1. The molecule has 0 fully saturated rings. The van der Waals surface area contributed by atoms with Crippen LogP contribution in [0.15, 0.2) is 97.2 Å². The van der Waals surface area contributed by atoms with E-state index >= 15 is 0 Å². The van der Waals surface area contributed by atoms with E-state index in [0.29, 0.717) is 12.8 Å². The average molecular weight is 807 g/mol. The molecule has 0 aromatic carbocycles. The van der Waals surface area contributed by atoms with Crippen molar-refractivity contribution in [2.45, 2.75) is 174 Å². The Kier molecular flexibility index (Phi) is 39.3. The van der Waals surface area contributed by atoms with Gasteiger partial charge in [-0.3, -0.25) is 14.4 Å². The van der Waals surface area contributed by atoms with Gasteiger partial charge in [-0.1, -0.05) is 150 Å². The number of esters is 1. The molecule has 0 aromatic heterocycles. The number of amides is 2. The maximum atomic E-state index is 12.7. The van der Waals surface area contributed by atoms with Crippen molar-refractivity contribution in [2.24, 2.45) is 0 Å². The van der Waals surface area contributed by atoms with Crippen LogP contribution in [-0.4, -0.2) is 59.3 Å². The van der Waals surface area contributed by atoms with E-state index in [0.717, 1.165) is 96.3 Å². The number of aliphatic hydroxyl groups is 1. The van der Waals surface area contributed by atoms with Crippen molar-refractivity contribution in [3.63, 3.8) is 0 Å². The summed E-state index contributed by atoms with van der Waals surface area (Å²) >= 11 is 0. The highest BCUT2D eigenvalue weighted by molar-refractivity contribution is 5.87. The third-order valence-electron chi connectivity index (χ3n) is 9.05. The zero-order valence-corrected chi connectivity index (χ0v) is 36.0. The topological polar surface area (TPSA) is 142 Å². The predicted octanol–water partition coefficient (Wildman–Crippen LogP) is 11.0. The fourth-order valence-electron chi connectivity index (χ4n) is 5.67. The van der Waals surface area contributed by atoms with Crippen LogP contribution in [0.1, 0.15) is 162 Å². The molecule has 0 bridgehead atoms. The van der Waals surface area contributed by atoms with Crippen molar-refractivity contribution in [1.29, 1.82) is 0 Å². The molecule has 4 N–H and O–H groups in total. The van der Waals surface area contributed by atoms with E-state index in [4.69, 9.17) is 14.9 Å². The summed E-state index contributed by atoms with van der Waals surface area (Å²) in [4.78, 5) is 47.5. The summed E-state index contributed by atoms with van der Waals surface area (Å²) in [6, 6.07) is -1.40. The zero-order valence-electron chi connectivity index (χ0n) is 36.0. The summed E-state index contributed by atoms with van der Waals surface area (Å²) in [5.74, 6) is -2.48. The maximum absolute atomic E-state index is 12.7. The maximum Gasteiger partial charge on any atom is 0.328 e. The molecular weight excluding hydrogens is 729 g/mol. The molecule has 0 spiro atoms. The van der Waals surface area contributed by atoms with Gasteiger partial charge >= 0.3 is 11.9 Å². The van der Waals surface area contributed by atoms with Crippen LogP contribution >= 0.6 is 0 Å². The number of rotatable bonds is 38. The van der Waals surface area contributed by atoms with E-state index < -0.39 is 24.5 Å². The smallest absolute Gasteiger partial charge is 0.328 e. The minimum absolute atomic E-state index is 0.172. The number of carbonyl (C=O) groups excluding carboxylic acids is 3. The standard InChI is InChI=1S/C49H78N2O7/c1-3-5-7-9-11-13-14-15-16-17-18-19-20-21-22-23-24-25-26-27-29-31-37-41-48(55)58-44(38-34-30-28-12-10-8-6-4-2)39-35-32-33-36-40-46(53)50-42-47(54)51-45(43-52)49(56)57/h5,7,11,13,15-16,18-19,21-22,24-25,27,29,34,38,44-45,52H,3-4,6,8-10,12,14,17,20,23,26,28,30-33,35-37,39-43H2,1-2H3,(H,50,53)(H,51,54)(H,56,57)/b7-5-,13-11-,16-15-,19-18-,22-21-,25-24-,29-27-,38-34-. The number of aliphatic hydroxyl groups excluding tert-OH is 1. The number of hydrogen-bond acceptors (Lipinski definition) is 6. The van der Waals surface area contributed by atoms with Crippen molar-refractivity contribution in [3.05, 3.63) is 97.2 Å². The molecule has 9 heteroatoms. The Morgan fingerprint density at radius 2 is 1.05 bits per heavy atom. The number of carboxylic acids is 1. The summed E-state index contributed by atoms with van der Waals surface area (Å²) in [5.41, 5.74) is 0. The van der Waals surface area contributed by atoms with E-state index in [2.05, 4.69) is 116 Å². The van der Waals surface area contributed by atoms with Gasteiger partial charge < -0.3 is 25.6 Å². The van der Waals surface area contributed by atoms with Gasteiger partial charge in [-0.2, -0.15) is 0 Å². The number of carbonyl (C=O) groups is 4. The predicted molar refractivity (Wildman–Crippen MR) is 240 cm³/mol. The SMILES string of the molecule is CC/C=C\C/C=C\C/C=C\C/C=C\C/C=C\C/C=C\C/C=C\CCCC(=O)OC(/C=C\CCCCCCCC)CCCCCCC(=O)NCC(=O)NC(CO)C(=O)O. The van der Waals surface area contributed by atoms with Crippen LogP contribution in [0.5, 0.6) is 0 Å². The fraction of sp³-hybridized carbons (Fsp3) is 0.592. The lowest BCUT2D eigenvalue weighted by atomic mass is 10.1. The molecule has 0 aromatic rings. The van der Waals surface area contributed by atoms with Crippen molar-refractivity contribution in [2.75, 3.05) is 13.2 Å². The van der Waals surface area contributed by atoms with Crippen LogP contribution in [-0.2, 0) is 23.9 Å². The van der Waals surface area contributed by atoms with Crippen LogP contribution in [0.3, 0.4) is 0 Å². The van der Waals surface area contributed by atoms with Crippen LogP contribution < -0.4 is 10.6 Å². The fourth-order valence-corrected chi connectivity index (χ4v) is 5.67. The molecule has 58 heavy (non-hydrogen) atoms. The largest absolute Gasteiger partial charge is 0.480 e. The second-order valence-electron chi connectivity index (χ2n) is 14.4. The quantitative estimate of drug-likeness (QED) is 0.0276. The third kappa shape index (κ3) is 38.6. The number of allylic oxidation sites excluding steroid dienone is 15. The molecule has 0 aliphatic heterocycles. The van der Waals surface area contributed by atoms with Gasteiger partial charge in [0.15, 0.2) is 0 Å². The van der Waals surface area contributed by atoms with Crippen molar-refractivity contribution < 1.29 is 34.1 Å². The third-order valence-corrected chi connectivity index (χ3v) is 9.05. The Balaban J connectivity index is 4.35. The van der Waals surface area contributed by atoms with Gasteiger partial charge in [-0.25, -0.2) is 4.79 Å². The molecule has 326 valence electrons. The Bertz CT molecular complexity index is 1290. The van der Waals surface area contributed by atoms with E-state index in [9.17, 15) is 19.2 Å². The van der Waals surface area contributed by atoms with Gasteiger partial charge in [0.25, 0.3) is 0 Å². The summed E-state index contributed by atoms with van der Waals surface area (Å²) < 4.78 is 5.88. The van der Waals surface area contributed by atoms with Crippen molar-refractivity contribution >= 4 is 23.8 Å². The lowest BCUT2D eigenvalue weighted by molar-refractivity contribution is -0.147. The Labute approximate surface area is 351 Å². The summed E-state index contributed by atoms with van der Waals surface area (Å²) in [5, 5.41) is 22.5. The molecule has 0 saturated carbocycles. The van der Waals surface area contributed by atoms with E-state index in [1.807, 2.05) is 6.08 Å². The lowest BCUT2D eigenvalue weighted by Gasteiger charge is -2.15. The number of unbranched alkanes of at least 4 members (excludes halogenated alkanes) is 10. The van der Waals surface area contributed by atoms with Gasteiger partial charge in [-0.15, -0.1) is 0 Å². The lowest BCUT2D eigenvalue weighted by Crippen LogP contribution is -2.47. The summed E-state index contributed by atoms with van der Waals surface area (Å²) in [7, 11) is 0. The van der Waals surface area contributed by atoms with Crippen molar-refractivity contribution in [3.8, 4) is 0 Å². The number of aliphatic carboxylic acids is 1. The molecule has 0 heterocycles. The number of hydrogen-bond donors (Lipinski definition) is 4. The van der Waals surface area contributed by atoms with Crippen molar-refractivity contribution in [1.82, 2.24) is 10.6 Å². The monoisotopic (exact) mass is 807 g/mol. The van der Waals surface area contributed by atoms with Gasteiger partial charge in [0.1, 0.15) is 12.1 Å². The Morgan fingerprint density at radius 1 is 0.552 bits per heavy atom. The number of carboxylic acid groups (broad SMARTS) is 1. The normalized spacial score (nSPS) is 13.4. The van der Waals surface area contributed by atoms with E-state index in [1.54, 1.807) is 0 Å². The van der Waals surface area contributed by atoms with E-state index in [-0.39, 0.29) is 30.9 Å². The number of nitrogens with one attached hydrogen (secondary N) is 2. The van der Waals surface area contributed by atoms with Gasteiger partial charge in [0.05, 0.1) is 13.2 Å². The Hall–Kier alpha value is -4.24. The highest BCUT2D eigenvalue weighted by atomic mass is 16.5. The second-order valence-corrected chi connectivity index (χ2v) is 14.4. The van der Waals surface area contributed by atoms with Gasteiger partial charge in [-0.05, 0) is 96.0 Å². The molecule has 9 nitrogen and oxygen atoms in total. The second kappa shape index (κ2) is 42.4. The molecule has 0 aliphatic carbocycles. The molecule has 2 amide bonds. The first-order valence-electron chi connectivity index (χ1n) is 22.1. The van der Waals surface area contributed by atoms with Gasteiger partial charge in [0.2, 0.25) is 11.8 Å². The Morgan fingerprint density at radius 3 is 1.60 bits per heavy atom. The molecule has 0 rings (SSSR count). The molecule has 2 atom stereocenters. The molecule has 0 radical (unpaired) electrons. The van der Waals surface area contributed by atoms with Crippen LogP contribution in [0.25, 0.3) is 0 Å². The molecule has 0 aliphatic rings. The zero-order chi connectivity index (χ0) is 42.6. The minimum Gasteiger partial charge on any atom is -0.480 e. The minimum atomic E-state index is -1.40. The average Bonchev–Trinajstić information content (AvgIpc) is 3.21. The highest BCUT2D eigenvalue weighted by Crippen LogP contribution is 2.14.